The summed E-state index contributed by atoms with van der Waals surface area (Å²) in [6.07, 6.45) is 0.609. The van der Waals surface area contributed by atoms with Gasteiger partial charge in [0.1, 0.15) is 5.82 Å². The van der Waals surface area contributed by atoms with Gasteiger partial charge in [-0.15, -0.1) is 6.58 Å². The molecule has 0 aliphatic carbocycles. The number of halogens is 4. The van der Waals surface area contributed by atoms with Gasteiger partial charge >= 0.3 is 6.18 Å². The number of nitrogens with one attached hydrogen (secondary N) is 1. The molecule has 1 aromatic carbocycles. The lowest BCUT2D eigenvalue weighted by molar-refractivity contribution is -0.137. The summed E-state index contributed by atoms with van der Waals surface area (Å²) in [5.74, 6) is -0.560. The van der Waals surface area contributed by atoms with Crippen molar-refractivity contribution in [1.29, 1.82) is 0 Å². The second-order valence-corrected chi connectivity index (χ2v) is 6.11. The first-order valence-electron chi connectivity index (χ1n) is 8.36. The van der Waals surface area contributed by atoms with Crippen molar-refractivity contribution in [1.82, 2.24) is 10.2 Å². The largest absolute Gasteiger partial charge is 0.416 e. The van der Waals surface area contributed by atoms with Crippen LogP contribution in [0.2, 0.25) is 0 Å². The minimum atomic E-state index is -4.46. The first-order chi connectivity index (χ1) is 11.4. The third-order valence-corrected chi connectivity index (χ3v) is 4.41. The molecule has 1 atom stereocenters. The van der Waals surface area contributed by atoms with Gasteiger partial charge in [-0.2, -0.15) is 13.2 Å². The zero-order valence-corrected chi connectivity index (χ0v) is 13.7. The van der Waals surface area contributed by atoms with E-state index in [0.29, 0.717) is 19.5 Å². The Balaban J connectivity index is 2.25. The predicted molar refractivity (Wildman–Crippen MR) is 87.3 cm³/mol. The predicted octanol–water partition coefficient (Wildman–Crippen LogP) is 4.54. The van der Waals surface area contributed by atoms with Gasteiger partial charge in [-0.1, -0.05) is 12.5 Å². The molecule has 134 valence electrons. The van der Waals surface area contributed by atoms with E-state index in [9.17, 15) is 17.6 Å². The summed E-state index contributed by atoms with van der Waals surface area (Å²) in [6, 6.07) is 2.41. The fourth-order valence-electron chi connectivity index (χ4n) is 3.13. The van der Waals surface area contributed by atoms with Gasteiger partial charge in [0.15, 0.2) is 0 Å². The molecule has 1 aliphatic heterocycles. The smallest absolute Gasteiger partial charge is 0.314 e. The number of rotatable bonds is 7. The Hall–Kier alpha value is -1.40. The number of allylic oxidation sites excluding steroid dienone is 1. The van der Waals surface area contributed by atoms with E-state index >= 15 is 0 Å². The molecule has 2 rings (SSSR count). The Morgan fingerprint density at radius 1 is 1.21 bits per heavy atom. The maximum atomic E-state index is 14.3. The van der Waals surface area contributed by atoms with Crippen LogP contribution in [0.25, 0.3) is 0 Å². The molecule has 1 aliphatic rings. The molecule has 0 saturated carbocycles. The van der Waals surface area contributed by atoms with E-state index in [1.807, 2.05) is 6.08 Å². The first-order valence-corrected chi connectivity index (χ1v) is 8.36. The molecule has 0 bridgehead atoms. The van der Waals surface area contributed by atoms with Gasteiger partial charge in [0.2, 0.25) is 0 Å². The fourth-order valence-corrected chi connectivity index (χ4v) is 3.13. The molecule has 0 spiro atoms. The normalized spacial score (nSPS) is 17.7. The van der Waals surface area contributed by atoms with Crippen molar-refractivity contribution in [2.75, 3.05) is 26.2 Å². The van der Waals surface area contributed by atoms with Crippen molar-refractivity contribution in [3.63, 3.8) is 0 Å². The highest BCUT2D eigenvalue weighted by Gasteiger charge is 2.33. The van der Waals surface area contributed by atoms with Gasteiger partial charge in [0.25, 0.3) is 0 Å². The molecule has 1 heterocycles. The van der Waals surface area contributed by atoms with Crippen LogP contribution in [-0.4, -0.2) is 31.1 Å². The third kappa shape index (κ3) is 5.05. The number of unbranched alkanes of at least 4 members (excludes halogenated alkanes) is 2. The maximum Gasteiger partial charge on any atom is 0.416 e. The third-order valence-electron chi connectivity index (χ3n) is 4.41. The van der Waals surface area contributed by atoms with E-state index in [1.165, 1.54) is 0 Å². The van der Waals surface area contributed by atoms with Gasteiger partial charge < -0.3 is 5.32 Å². The second-order valence-electron chi connectivity index (χ2n) is 6.11. The number of hydrogen-bond acceptors (Lipinski definition) is 2. The summed E-state index contributed by atoms with van der Waals surface area (Å²) in [5.41, 5.74) is -0.629. The summed E-state index contributed by atoms with van der Waals surface area (Å²) in [7, 11) is 0. The molecule has 1 fully saturated rings. The zero-order valence-electron chi connectivity index (χ0n) is 13.7. The molecule has 0 amide bonds. The topological polar surface area (TPSA) is 15.3 Å². The Kier molecular flexibility index (Phi) is 6.80. The van der Waals surface area contributed by atoms with E-state index in [-0.39, 0.29) is 11.6 Å². The van der Waals surface area contributed by atoms with Gasteiger partial charge in [-0.3, -0.25) is 4.90 Å². The number of piperazine rings is 1. The lowest BCUT2D eigenvalue weighted by Gasteiger charge is -2.35. The SMILES string of the molecule is C=CCCCC[C@H](c1cc(C(F)(F)F)ccc1F)N1CCNCC1. The standard InChI is InChI=1S/C18H24F4N2/c1-2-3-4-5-6-17(24-11-9-23-10-12-24)15-13-14(18(20,21)22)7-8-16(15)19/h2,7-8,13,17,23H,1,3-6,9-12H2/t17-/m1/s1. The Bertz CT molecular complexity index is 536. The molecule has 0 radical (unpaired) electrons. The van der Waals surface area contributed by atoms with Gasteiger partial charge in [0.05, 0.1) is 5.56 Å². The van der Waals surface area contributed by atoms with Gasteiger partial charge in [0, 0.05) is 37.8 Å². The Morgan fingerprint density at radius 2 is 1.92 bits per heavy atom. The monoisotopic (exact) mass is 344 g/mol. The maximum absolute atomic E-state index is 14.3. The second kappa shape index (κ2) is 8.62. The van der Waals surface area contributed by atoms with Crippen LogP contribution < -0.4 is 5.32 Å². The van der Waals surface area contributed by atoms with Crippen molar-refractivity contribution in [2.24, 2.45) is 0 Å². The van der Waals surface area contributed by atoms with Crippen LogP contribution in [-0.2, 0) is 6.18 Å². The van der Waals surface area contributed by atoms with E-state index in [0.717, 1.165) is 50.6 Å². The van der Waals surface area contributed by atoms with Crippen molar-refractivity contribution < 1.29 is 17.6 Å². The molecule has 1 aromatic rings. The highest BCUT2D eigenvalue weighted by Crippen LogP contribution is 2.35. The molecule has 2 nitrogen and oxygen atoms in total. The van der Waals surface area contributed by atoms with E-state index in [2.05, 4.69) is 16.8 Å². The number of alkyl halides is 3. The minimum Gasteiger partial charge on any atom is -0.314 e. The van der Waals surface area contributed by atoms with Crippen LogP contribution in [0.4, 0.5) is 17.6 Å². The van der Waals surface area contributed by atoms with Crippen LogP contribution in [0.15, 0.2) is 30.9 Å². The molecule has 0 unspecified atom stereocenters. The van der Waals surface area contributed by atoms with Crippen LogP contribution >= 0.6 is 0 Å². The van der Waals surface area contributed by atoms with E-state index in [1.54, 1.807) is 0 Å². The van der Waals surface area contributed by atoms with Crippen LogP contribution in [0, 0.1) is 5.82 Å². The van der Waals surface area contributed by atoms with Crippen LogP contribution in [0.3, 0.4) is 0 Å². The lowest BCUT2D eigenvalue weighted by Crippen LogP contribution is -2.45. The molecule has 1 N–H and O–H groups in total. The minimum absolute atomic E-state index is 0.158. The fraction of sp³-hybridized carbons (Fsp3) is 0.556. The average Bonchev–Trinajstić information content (AvgIpc) is 2.56. The van der Waals surface area contributed by atoms with E-state index < -0.39 is 17.6 Å². The number of nitrogens with zero attached hydrogens (tertiary/aromatic N) is 1. The van der Waals surface area contributed by atoms with Crippen molar-refractivity contribution in [3.8, 4) is 0 Å². The Labute approximate surface area is 140 Å². The molecular formula is C18H24F4N2. The van der Waals surface area contributed by atoms with Crippen LogP contribution in [0.5, 0.6) is 0 Å². The highest BCUT2D eigenvalue weighted by molar-refractivity contribution is 5.29. The van der Waals surface area contributed by atoms with Crippen molar-refractivity contribution >= 4 is 0 Å². The summed E-state index contributed by atoms with van der Waals surface area (Å²) < 4.78 is 53.3. The average molecular weight is 344 g/mol. The molecule has 1 saturated heterocycles. The van der Waals surface area contributed by atoms with E-state index in [4.69, 9.17) is 0 Å². The lowest BCUT2D eigenvalue weighted by atomic mass is 9.95. The Morgan fingerprint density at radius 3 is 2.54 bits per heavy atom. The first kappa shape index (κ1) is 18.9. The molecule has 24 heavy (non-hydrogen) atoms. The van der Waals surface area contributed by atoms with Crippen molar-refractivity contribution in [2.45, 2.75) is 37.9 Å². The zero-order chi connectivity index (χ0) is 17.6. The van der Waals surface area contributed by atoms with Gasteiger partial charge in [-0.25, -0.2) is 4.39 Å². The number of hydrogen-bond donors (Lipinski definition) is 1. The summed E-state index contributed by atoms with van der Waals surface area (Å²) in [5, 5.41) is 3.22. The summed E-state index contributed by atoms with van der Waals surface area (Å²) in [6.45, 7) is 6.63. The molecule has 0 aromatic heterocycles. The van der Waals surface area contributed by atoms with Crippen LogP contribution in [0.1, 0.15) is 42.9 Å². The number of benzene rings is 1. The van der Waals surface area contributed by atoms with Gasteiger partial charge in [-0.05, 0) is 37.5 Å². The highest BCUT2D eigenvalue weighted by atomic mass is 19.4. The molecular weight excluding hydrogens is 320 g/mol. The molecule has 6 heteroatoms. The quantitative estimate of drug-likeness (QED) is 0.444. The summed E-state index contributed by atoms with van der Waals surface area (Å²) in [4.78, 5) is 2.09. The van der Waals surface area contributed by atoms with Crippen molar-refractivity contribution in [3.05, 3.63) is 47.8 Å². The summed E-state index contributed by atoms with van der Waals surface area (Å²) >= 11 is 0.